The van der Waals surface area contributed by atoms with E-state index in [1.807, 2.05) is 47.9 Å². The van der Waals surface area contributed by atoms with E-state index in [0.717, 1.165) is 26.3 Å². The fourth-order valence-corrected chi connectivity index (χ4v) is 2.91. The van der Waals surface area contributed by atoms with Crippen LogP contribution in [0.15, 0.2) is 75.3 Å². The van der Waals surface area contributed by atoms with Gasteiger partial charge in [0.05, 0.1) is 5.70 Å². The van der Waals surface area contributed by atoms with Gasteiger partial charge in [0, 0.05) is 27.7 Å². The van der Waals surface area contributed by atoms with Crippen LogP contribution in [0.25, 0.3) is 5.57 Å². The summed E-state index contributed by atoms with van der Waals surface area (Å²) in [4.78, 5) is 15.9. The van der Waals surface area contributed by atoms with Gasteiger partial charge in [0.1, 0.15) is 5.03 Å². The summed E-state index contributed by atoms with van der Waals surface area (Å²) in [5, 5.41) is 5.66. The van der Waals surface area contributed by atoms with Gasteiger partial charge >= 0.3 is 0 Å². The lowest BCUT2D eigenvalue weighted by molar-refractivity contribution is -0.115. The Kier molecular flexibility index (Phi) is 4.22. The van der Waals surface area contributed by atoms with Gasteiger partial charge in [-0.2, -0.15) is 0 Å². The van der Waals surface area contributed by atoms with Gasteiger partial charge in [-0.1, -0.05) is 45.9 Å². The van der Waals surface area contributed by atoms with E-state index in [0.29, 0.717) is 0 Å². The Balaban J connectivity index is 1.86. The Bertz CT molecular complexity index is 724. The van der Waals surface area contributed by atoms with Gasteiger partial charge in [-0.25, -0.2) is 4.98 Å². The van der Waals surface area contributed by atoms with Crippen LogP contribution in [0.2, 0.25) is 0 Å². The SMILES string of the molecule is O=C1C=C(c2ccc(Br)cc2)/C(=C/Sc2ccccn2)N1. The molecule has 1 aliphatic heterocycles. The van der Waals surface area contributed by atoms with Crippen LogP contribution in [0, 0.1) is 0 Å². The number of nitrogens with one attached hydrogen (secondary N) is 1. The number of carbonyl (C=O) groups is 1. The zero-order valence-electron chi connectivity index (χ0n) is 10.9. The molecular formula is C16H11BrN2OS. The minimum absolute atomic E-state index is 0.0965. The van der Waals surface area contributed by atoms with E-state index in [1.165, 1.54) is 11.8 Å². The van der Waals surface area contributed by atoms with E-state index in [4.69, 9.17) is 0 Å². The quantitative estimate of drug-likeness (QED) is 0.843. The fourth-order valence-electron chi connectivity index (χ4n) is 1.94. The molecule has 1 aromatic heterocycles. The number of aromatic nitrogens is 1. The van der Waals surface area contributed by atoms with Crippen LogP contribution in [0.4, 0.5) is 0 Å². The molecule has 1 aliphatic rings. The Morgan fingerprint density at radius 2 is 1.95 bits per heavy atom. The highest BCUT2D eigenvalue weighted by molar-refractivity contribution is 9.10. The van der Waals surface area contributed by atoms with Crippen LogP contribution in [0.5, 0.6) is 0 Å². The lowest BCUT2D eigenvalue weighted by Crippen LogP contribution is -2.13. The Hall–Kier alpha value is -1.85. The van der Waals surface area contributed by atoms with Crippen LogP contribution in [0.1, 0.15) is 5.56 Å². The standard InChI is InChI=1S/C16H11BrN2OS/c17-12-6-4-11(5-7-12)13-9-15(20)19-14(13)10-21-16-3-1-2-8-18-16/h1-10H,(H,19,20)/b14-10-. The van der Waals surface area contributed by atoms with E-state index in [1.54, 1.807) is 12.3 Å². The number of thioether (sulfide) groups is 1. The fraction of sp³-hybridized carbons (Fsp3) is 0. The number of halogens is 1. The third-order valence-corrected chi connectivity index (χ3v) is 4.28. The smallest absolute Gasteiger partial charge is 0.249 e. The maximum atomic E-state index is 11.7. The second kappa shape index (κ2) is 6.28. The molecular weight excluding hydrogens is 348 g/mol. The molecule has 0 atom stereocenters. The molecule has 3 nitrogen and oxygen atoms in total. The lowest BCUT2D eigenvalue weighted by Gasteiger charge is -2.06. The minimum Gasteiger partial charge on any atom is -0.321 e. The van der Waals surface area contributed by atoms with Gasteiger partial charge in [-0.05, 0) is 29.8 Å². The summed E-state index contributed by atoms with van der Waals surface area (Å²) in [5.41, 5.74) is 2.71. The molecule has 1 aromatic carbocycles. The molecule has 104 valence electrons. The van der Waals surface area contributed by atoms with Gasteiger partial charge in [-0.15, -0.1) is 0 Å². The number of rotatable bonds is 3. The minimum atomic E-state index is -0.0965. The maximum absolute atomic E-state index is 11.7. The van der Waals surface area contributed by atoms with Crippen LogP contribution in [-0.4, -0.2) is 10.9 Å². The Morgan fingerprint density at radius 1 is 1.14 bits per heavy atom. The van der Waals surface area contributed by atoms with Crippen molar-refractivity contribution in [3.05, 3.63) is 75.9 Å². The molecule has 21 heavy (non-hydrogen) atoms. The zero-order chi connectivity index (χ0) is 14.7. The number of carbonyl (C=O) groups excluding carboxylic acids is 1. The topological polar surface area (TPSA) is 42.0 Å². The molecule has 3 rings (SSSR count). The summed E-state index contributed by atoms with van der Waals surface area (Å²) in [5.74, 6) is -0.0965. The van der Waals surface area contributed by atoms with Crippen molar-refractivity contribution in [1.82, 2.24) is 10.3 Å². The molecule has 1 amide bonds. The summed E-state index contributed by atoms with van der Waals surface area (Å²) in [6.45, 7) is 0. The maximum Gasteiger partial charge on any atom is 0.249 e. The van der Waals surface area contributed by atoms with Crippen molar-refractivity contribution in [2.45, 2.75) is 5.03 Å². The van der Waals surface area contributed by atoms with Crippen LogP contribution < -0.4 is 5.32 Å². The van der Waals surface area contributed by atoms with Gasteiger partial charge < -0.3 is 5.32 Å². The number of hydrogen-bond donors (Lipinski definition) is 1. The van der Waals surface area contributed by atoms with Crippen molar-refractivity contribution in [2.75, 3.05) is 0 Å². The molecule has 0 fully saturated rings. The van der Waals surface area contributed by atoms with Crippen LogP contribution in [-0.2, 0) is 4.79 Å². The highest BCUT2D eigenvalue weighted by atomic mass is 79.9. The van der Waals surface area contributed by atoms with Gasteiger partial charge in [0.15, 0.2) is 0 Å². The van der Waals surface area contributed by atoms with Gasteiger partial charge in [0.25, 0.3) is 0 Å². The summed E-state index contributed by atoms with van der Waals surface area (Å²) < 4.78 is 1.01. The molecule has 2 heterocycles. The molecule has 0 radical (unpaired) electrons. The van der Waals surface area contributed by atoms with Gasteiger partial charge in [0.2, 0.25) is 5.91 Å². The average Bonchev–Trinajstić information content (AvgIpc) is 2.88. The molecule has 5 heteroatoms. The van der Waals surface area contributed by atoms with Crippen molar-refractivity contribution >= 4 is 39.2 Å². The number of pyridine rings is 1. The summed E-state index contributed by atoms with van der Waals surface area (Å²) in [6.07, 6.45) is 3.37. The second-order valence-electron chi connectivity index (χ2n) is 4.37. The van der Waals surface area contributed by atoms with Crippen molar-refractivity contribution in [3.8, 4) is 0 Å². The van der Waals surface area contributed by atoms with E-state index in [2.05, 4.69) is 26.2 Å². The number of benzene rings is 1. The molecule has 2 aromatic rings. The average molecular weight is 359 g/mol. The number of hydrogen-bond acceptors (Lipinski definition) is 3. The first kappa shape index (κ1) is 14.1. The Morgan fingerprint density at radius 3 is 2.67 bits per heavy atom. The summed E-state index contributed by atoms with van der Waals surface area (Å²) in [6, 6.07) is 13.6. The van der Waals surface area contributed by atoms with E-state index < -0.39 is 0 Å². The molecule has 0 aliphatic carbocycles. The molecule has 0 bridgehead atoms. The molecule has 0 spiro atoms. The Labute approximate surface area is 135 Å². The van der Waals surface area contributed by atoms with E-state index in [9.17, 15) is 4.79 Å². The van der Waals surface area contributed by atoms with Crippen molar-refractivity contribution in [2.24, 2.45) is 0 Å². The first-order valence-electron chi connectivity index (χ1n) is 6.29. The number of nitrogens with zero attached hydrogens (tertiary/aromatic N) is 1. The largest absolute Gasteiger partial charge is 0.321 e. The van der Waals surface area contributed by atoms with Crippen molar-refractivity contribution in [3.63, 3.8) is 0 Å². The van der Waals surface area contributed by atoms with E-state index >= 15 is 0 Å². The predicted molar refractivity (Wildman–Crippen MR) is 88.4 cm³/mol. The van der Waals surface area contributed by atoms with Crippen molar-refractivity contribution in [1.29, 1.82) is 0 Å². The van der Waals surface area contributed by atoms with E-state index in [-0.39, 0.29) is 5.91 Å². The highest BCUT2D eigenvalue weighted by Gasteiger charge is 2.18. The monoisotopic (exact) mass is 358 g/mol. The number of allylic oxidation sites excluding steroid dienone is 1. The zero-order valence-corrected chi connectivity index (χ0v) is 13.3. The van der Waals surface area contributed by atoms with Crippen LogP contribution >= 0.6 is 27.7 Å². The molecule has 0 saturated carbocycles. The third kappa shape index (κ3) is 3.43. The van der Waals surface area contributed by atoms with Gasteiger partial charge in [-0.3, -0.25) is 4.79 Å². The summed E-state index contributed by atoms with van der Waals surface area (Å²) >= 11 is 4.90. The normalized spacial score (nSPS) is 16.0. The third-order valence-electron chi connectivity index (χ3n) is 2.91. The first-order chi connectivity index (χ1) is 10.2. The molecule has 0 unspecified atom stereocenters. The highest BCUT2D eigenvalue weighted by Crippen LogP contribution is 2.29. The lowest BCUT2D eigenvalue weighted by atomic mass is 10.1. The summed E-state index contributed by atoms with van der Waals surface area (Å²) in [7, 11) is 0. The molecule has 1 N–H and O–H groups in total. The van der Waals surface area contributed by atoms with Crippen molar-refractivity contribution < 1.29 is 4.79 Å². The second-order valence-corrected chi connectivity index (χ2v) is 6.18. The molecule has 0 saturated heterocycles. The first-order valence-corrected chi connectivity index (χ1v) is 7.96. The number of amides is 1. The van der Waals surface area contributed by atoms with Crippen LogP contribution in [0.3, 0.4) is 0 Å². The predicted octanol–water partition coefficient (Wildman–Crippen LogP) is 3.99.